The van der Waals surface area contributed by atoms with Crippen molar-refractivity contribution in [3.63, 3.8) is 0 Å². The highest BCUT2D eigenvalue weighted by Crippen LogP contribution is 2.45. The molecule has 2 heterocycles. The first-order chi connectivity index (χ1) is 11.1. The van der Waals surface area contributed by atoms with Crippen LogP contribution < -0.4 is 10.5 Å². The Morgan fingerprint density at radius 3 is 2.83 bits per heavy atom. The van der Waals surface area contributed by atoms with Crippen molar-refractivity contribution in [1.29, 1.82) is 0 Å². The number of nitrogens with zero attached hydrogens (tertiary/aromatic N) is 1. The highest BCUT2D eigenvalue weighted by molar-refractivity contribution is 8.03. The molecule has 1 aliphatic rings. The van der Waals surface area contributed by atoms with E-state index < -0.39 is 5.63 Å². The van der Waals surface area contributed by atoms with E-state index in [4.69, 9.17) is 4.42 Å². The molecule has 0 atom stereocenters. The van der Waals surface area contributed by atoms with Gasteiger partial charge in [-0.3, -0.25) is 0 Å². The number of phenolic OH excluding ortho intramolecular Hbond substituents is 1. The molecule has 0 spiro atoms. The average molecular weight is 323 g/mol. The number of para-hydroxylation sites is 1. The summed E-state index contributed by atoms with van der Waals surface area (Å²) < 4.78 is 5.17. The Balaban J connectivity index is 1.87. The van der Waals surface area contributed by atoms with E-state index in [1.807, 2.05) is 25.3 Å². The second kappa shape index (κ2) is 5.21. The fourth-order valence-corrected chi connectivity index (χ4v) is 3.78. The first-order valence-corrected chi connectivity index (χ1v) is 7.93. The van der Waals surface area contributed by atoms with Gasteiger partial charge in [-0.2, -0.15) is 0 Å². The standard InChI is InChI=1S/C18H13NO3S/c1-19-14-4-2-3-5-16(14)23-17(19)8-11-9-18(21)22-15-10-12(20)6-7-13(11)15/h2-10,20H,1H3/b17-8-. The van der Waals surface area contributed by atoms with Crippen molar-refractivity contribution in [2.45, 2.75) is 4.90 Å². The van der Waals surface area contributed by atoms with Crippen LogP contribution in [0.2, 0.25) is 0 Å². The number of rotatable bonds is 1. The van der Waals surface area contributed by atoms with Crippen molar-refractivity contribution in [1.82, 2.24) is 0 Å². The molecule has 0 bridgehead atoms. The van der Waals surface area contributed by atoms with Gasteiger partial charge in [0.2, 0.25) is 0 Å². The van der Waals surface area contributed by atoms with Crippen molar-refractivity contribution in [3.8, 4) is 5.75 Å². The molecule has 2 aromatic carbocycles. The highest BCUT2D eigenvalue weighted by Gasteiger charge is 2.21. The molecule has 4 rings (SSSR count). The van der Waals surface area contributed by atoms with E-state index >= 15 is 0 Å². The Morgan fingerprint density at radius 1 is 1.17 bits per heavy atom. The van der Waals surface area contributed by atoms with Gasteiger partial charge < -0.3 is 14.4 Å². The molecule has 1 N–H and O–H groups in total. The average Bonchev–Trinajstić information content (AvgIpc) is 2.83. The van der Waals surface area contributed by atoms with Gasteiger partial charge in [0.15, 0.2) is 0 Å². The van der Waals surface area contributed by atoms with Crippen LogP contribution in [-0.2, 0) is 0 Å². The van der Waals surface area contributed by atoms with Crippen LogP contribution in [-0.4, -0.2) is 12.2 Å². The molecular formula is C18H13NO3S. The van der Waals surface area contributed by atoms with E-state index in [-0.39, 0.29) is 5.75 Å². The maximum atomic E-state index is 11.8. The van der Waals surface area contributed by atoms with Crippen molar-refractivity contribution in [2.75, 3.05) is 11.9 Å². The second-order valence-corrected chi connectivity index (χ2v) is 6.37. The zero-order valence-electron chi connectivity index (χ0n) is 12.3. The lowest BCUT2D eigenvalue weighted by Crippen LogP contribution is -2.09. The molecular weight excluding hydrogens is 310 g/mol. The van der Waals surface area contributed by atoms with Crippen LogP contribution in [0.25, 0.3) is 17.0 Å². The zero-order chi connectivity index (χ0) is 16.0. The minimum absolute atomic E-state index is 0.0743. The summed E-state index contributed by atoms with van der Waals surface area (Å²) in [6.07, 6.45) is 1.97. The lowest BCUT2D eigenvalue weighted by atomic mass is 10.1. The third-order valence-corrected chi connectivity index (χ3v) is 4.98. The molecule has 5 heteroatoms. The largest absolute Gasteiger partial charge is 0.508 e. The minimum Gasteiger partial charge on any atom is -0.508 e. The molecule has 0 saturated carbocycles. The summed E-state index contributed by atoms with van der Waals surface area (Å²) in [5, 5.41) is 11.4. The molecule has 1 aliphatic heterocycles. The summed E-state index contributed by atoms with van der Waals surface area (Å²) in [7, 11) is 2.00. The van der Waals surface area contributed by atoms with Crippen molar-refractivity contribution < 1.29 is 9.52 Å². The first-order valence-electron chi connectivity index (χ1n) is 7.11. The molecule has 114 valence electrons. The predicted octanol–water partition coefficient (Wildman–Crippen LogP) is 4.04. The van der Waals surface area contributed by atoms with E-state index in [9.17, 15) is 9.90 Å². The second-order valence-electron chi connectivity index (χ2n) is 5.31. The molecule has 23 heavy (non-hydrogen) atoms. The van der Waals surface area contributed by atoms with Crippen LogP contribution in [0.4, 0.5) is 5.69 Å². The maximum absolute atomic E-state index is 11.8. The molecule has 3 aromatic rings. The molecule has 0 radical (unpaired) electrons. The van der Waals surface area contributed by atoms with Crippen LogP contribution in [0.15, 0.2) is 67.7 Å². The zero-order valence-corrected chi connectivity index (χ0v) is 13.1. The van der Waals surface area contributed by atoms with Crippen molar-refractivity contribution >= 4 is 34.5 Å². The fourth-order valence-electron chi connectivity index (χ4n) is 2.68. The summed E-state index contributed by atoms with van der Waals surface area (Å²) in [4.78, 5) is 15.1. The highest BCUT2D eigenvalue weighted by atomic mass is 32.2. The summed E-state index contributed by atoms with van der Waals surface area (Å²) >= 11 is 1.66. The maximum Gasteiger partial charge on any atom is 0.336 e. The SMILES string of the molecule is CN1/C(=C/c2cc(=O)oc3cc(O)ccc23)Sc2ccccc21. The van der Waals surface area contributed by atoms with Crippen LogP contribution >= 0.6 is 11.8 Å². The monoisotopic (exact) mass is 323 g/mol. The van der Waals surface area contributed by atoms with Gasteiger partial charge in [-0.15, -0.1) is 0 Å². The Bertz CT molecular complexity index is 1010. The normalized spacial score (nSPS) is 15.3. The van der Waals surface area contributed by atoms with E-state index in [1.165, 1.54) is 17.0 Å². The number of phenols is 1. The summed E-state index contributed by atoms with van der Waals surface area (Å²) in [5.41, 5.74) is 1.87. The number of hydrogen-bond donors (Lipinski definition) is 1. The van der Waals surface area contributed by atoms with Gasteiger partial charge >= 0.3 is 5.63 Å². The predicted molar refractivity (Wildman–Crippen MR) is 92.8 cm³/mol. The third kappa shape index (κ3) is 2.39. The molecule has 0 fully saturated rings. The summed E-state index contributed by atoms with van der Waals surface area (Å²) in [6.45, 7) is 0. The van der Waals surface area contributed by atoms with Gasteiger partial charge in [0.05, 0.1) is 10.7 Å². The Kier molecular flexibility index (Phi) is 3.16. The van der Waals surface area contributed by atoms with Crippen LogP contribution in [0.5, 0.6) is 5.75 Å². The smallest absolute Gasteiger partial charge is 0.336 e. The summed E-state index contributed by atoms with van der Waals surface area (Å²) in [5.74, 6) is 0.0743. The number of hydrogen-bond acceptors (Lipinski definition) is 5. The first kappa shape index (κ1) is 14.0. The van der Waals surface area contributed by atoms with Crippen molar-refractivity contribution in [2.24, 2.45) is 0 Å². The van der Waals surface area contributed by atoms with Gasteiger partial charge in [0.25, 0.3) is 0 Å². The number of anilines is 1. The third-order valence-electron chi connectivity index (χ3n) is 3.81. The Hall–Kier alpha value is -2.66. The topological polar surface area (TPSA) is 53.7 Å². The molecule has 0 amide bonds. The molecule has 0 aliphatic carbocycles. The number of benzene rings is 2. The molecule has 0 unspecified atom stereocenters. The van der Waals surface area contributed by atoms with Gasteiger partial charge in [-0.1, -0.05) is 23.9 Å². The molecule has 0 saturated heterocycles. The van der Waals surface area contributed by atoms with E-state index in [0.29, 0.717) is 5.58 Å². The van der Waals surface area contributed by atoms with Crippen LogP contribution in [0.1, 0.15) is 5.56 Å². The molecule has 4 nitrogen and oxygen atoms in total. The molecule has 1 aromatic heterocycles. The van der Waals surface area contributed by atoms with Gasteiger partial charge in [0.1, 0.15) is 11.3 Å². The Morgan fingerprint density at radius 2 is 2.00 bits per heavy atom. The lowest BCUT2D eigenvalue weighted by molar-refractivity contribution is 0.473. The number of fused-ring (bicyclic) bond motifs is 2. The van der Waals surface area contributed by atoms with E-state index in [0.717, 1.165) is 21.7 Å². The number of aromatic hydroxyl groups is 1. The van der Waals surface area contributed by atoms with E-state index in [1.54, 1.807) is 23.9 Å². The van der Waals surface area contributed by atoms with E-state index in [2.05, 4.69) is 17.0 Å². The summed E-state index contributed by atoms with van der Waals surface area (Å²) in [6, 6.07) is 14.4. The quantitative estimate of drug-likeness (QED) is 0.685. The van der Waals surface area contributed by atoms with Gasteiger partial charge in [0, 0.05) is 29.5 Å². The minimum atomic E-state index is -0.432. The van der Waals surface area contributed by atoms with Gasteiger partial charge in [-0.05, 0) is 35.9 Å². The van der Waals surface area contributed by atoms with Crippen LogP contribution in [0.3, 0.4) is 0 Å². The van der Waals surface area contributed by atoms with Crippen molar-refractivity contribution in [3.05, 3.63) is 69.5 Å². The fraction of sp³-hybridized carbons (Fsp3) is 0.0556. The van der Waals surface area contributed by atoms with Gasteiger partial charge in [-0.25, -0.2) is 4.79 Å². The Labute approximate surface area is 136 Å². The number of thioether (sulfide) groups is 1. The van der Waals surface area contributed by atoms with Crippen LogP contribution in [0, 0.1) is 0 Å². The lowest BCUT2D eigenvalue weighted by Gasteiger charge is -2.13.